The highest BCUT2D eigenvalue weighted by Gasteiger charge is 2.34. The molecular weight excluding hydrogens is 270 g/mol. The predicted molar refractivity (Wildman–Crippen MR) is 94.3 cm³/mol. The zero-order valence-electron chi connectivity index (χ0n) is 13.9. The number of fused-ring (bicyclic) bond motifs is 5. The van der Waals surface area contributed by atoms with Gasteiger partial charge in [-0.2, -0.15) is 0 Å². The number of para-hydroxylation sites is 1. The third-order valence-corrected chi connectivity index (χ3v) is 3.78. The number of benzene rings is 2. The third-order valence-electron chi connectivity index (χ3n) is 3.78. The van der Waals surface area contributed by atoms with Crippen molar-refractivity contribution in [1.29, 1.82) is 0 Å². The van der Waals surface area contributed by atoms with Crippen molar-refractivity contribution in [3.05, 3.63) is 65.2 Å². The Morgan fingerprint density at radius 2 is 1.50 bits per heavy atom. The van der Waals surface area contributed by atoms with Gasteiger partial charge in [0, 0.05) is 17.7 Å². The van der Waals surface area contributed by atoms with E-state index in [2.05, 4.69) is 41.4 Å². The molecule has 0 saturated carbocycles. The molecule has 0 radical (unpaired) electrons. The highest BCUT2D eigenvalue weighted by atomic mass is 16.5. The van der Waals surface area contributed by atoms with E-state index in [1.165, 1.54) is 16.7 Å². The Labute approximate surface area is 133 Å². The maximum atomic E-state index is 5.79. The first-order valence-electron chi connectivity index (χ1n) is 8.27. The van der Waals surface area contributed by atoms with E-state index in [0.717, 1.165) is 5.75 Å². The van der Waals surface area contributed by atoms with E-state index in [9.17, 15) is 0 Å². The van der Waals surface area contributed by atoms with Gasteiger partial charge in [-0.15, -0.1) is 0 Å². The molecule has 0 aromatic heterocycles. The van der Waals surface area contributed by atoms with Crippen LogP contribution in [0.25, 0.3) is 0 Å². The summed E-state index contributed by atoms with van der Waals surface area (Å²) in [5.74, 6) is 1.35. The lowest BCUT2D eigenvalue weighted by molar-refractivity contribution is 0.250. The fourth-order valence-electron chi connectivity index (χ4n) is 2.94. The van der Waals surface area contributed by atoms with Gasteiger partial charge in [0.25, 0.3) is 0 Å². The first kappa shape index (κ1) is 16.3. The molecule has 22 heavy (non-hydrogen) atoms. The fraction of sp³-hybridized carbons (Fsp3) is 0.350. The maximum absolute atomic E-state index is 5.79. The average Bonchev–Trinajstić information content (AvgIpc) is 2.64. The van der Waals surface area contributed by atoms with Crippen molar-refractivity contribution < 1.29 is 4.74 Å². The van der Waals surface area contributed by atoms with Crippen molar-refractivity contribution in [2.24, 2.45) is 4.99 Å². The van der Waals surface area contributed by atoms with Gasteiger partial charge < -0.3 is 4.74 Å². The molecule has 2 atom stereocenters. The Morgan fingerprint density at radius 1 is 0.864 bits per heavy atom. The smallest absolute Gasteiger partial charge is 0.123 e. The molecule has 0 N–H and O–H groups in total. The summed E-state index contributed by atoms with van der Waals surface area (Å²) < 4.78 is 5.79. The molecule has 0 spiro atoms. The molecule has 0 aliphatic carbocycles. The van der Waals surface area contributed by atoms with Gasteiger partial charge in [-0.25, -0.2) is 0 Å². The van der Waals surface area contributed by atoms with Crippen molar-refractivity contribution in [1.82, 2.24) is 0 Å². The summed E-state index contributed by atoms with van der Waals surface area (Å²) in [5, 5.41) is 0. The quantitative estimate of drug-likeness (QED) is 0.665. The van der Waals surface area contributed by atoms with Crippen LogP contribution in [0.3, 0.4) is 0 Å². The van der Waals surface area contributed by atoms with Crippen LogP contribution in [0.4, 0.5) is 0 Å². The number of ether oxygens (including phenoxy) is 1. The van der Waals surface area contributed by atoms with Crippen LogP contribution in [-0.4, -0.2) is 18.9 Å². The minimum absolute atomic E-state index is 0.217. The van der Waals surface area contributed by atoms with Gasteiger partial charge >= 0.3 is 0 Å². The molecule has 2 aliphatic rings. The minimum atomic E-state index is 0.217. The van der Waals surface area contributed by atoms with Gasteiger partial charge in [-0.05, 0) is 17.2 Å². The van der Waals surface area contributed by atoms with Gasteiger partial charge in [0.15, 0.2) is 0 Å². The Morgan fingerprint density at radius 3 is 2.27 bits per heavy atom. The molecule has 2 aromatic carbocycles. The van der Waals surface area contributed by atoms with Crippen molar-refractivity contribution in [3.63, 3.8) is 0 Å². The van der Waals surface area contributed by atoms with Crippen molar-refractivity contribution >= 4 is 6.21 Å². The van der Waals surface area contributed by atoms with Crippen LogP contribution in [0.5, 0.6) is 5.75 Å². The summed E-state index contributed by atoms with van der Waals surface area (Å²) >= 11 is 0. The monoisotopic (exact) mass is 295 g/mol. The van der Waals surface area contributed by atoms with Crippen LogP contribution in [-0.2, 0) is 0 Å². The van der Waals surface area contributed by atoms with E-state index < -0.39 is 0 Å². The number of nitrogens with zero attached hydrogens (tertiary/aromatic N) is 1. The molecule has 2 aromatic rings. The Bertz CT molecular complexity index is 633. The molecule has 0 saturated heterocycles. The van der Waals surface area contributed by atoms with E-state index >= 15 is 0 Å². The molecule has 0 unspecified atom stereocenters. The van der Waals surface area contributed by atoms with Crippen LogP contribution in [0.1, 0.15) is 50.3 Å². The SMILES string of the molecule is C1=N[C@@H]2COc3ccccc3[C@@H]2c2ccccc21.CC.CC. The summed E-state index contributed by atoms with van der Waals surface area (Å²) in [7, 11) is 0. The molecule has 0 amide bonds. The lowest BCUT2D eigenvalue weighted by atomic mass is 9.80. The second-order valence-corrected chi connectivity index (χ2v) is 4.80. The molecule has 4 rings (SSSR count). The summed E-state index contributed by atoms with van der Waals surface area (Å²) in [5.41, 5.74) is 3.86. The Balaban J connectivity index is 0.000000410. The molecule has 0 bridgehead atoms. The number of hydrogen-bond acceptors (Lipinski definition) is 2. The summed E-state index contributed by atoms with van der Waals surface area (Å²) in [6, 6.07) is 17.0. The van der Waals surface area contributed by atoms with Crippen LogP contribution in [0.15, 0.2) is 53.5 Å². The molecular formula is C20H25NO. The molecule has 2 heterocycles. The number of rotatable bonds is 0. The number of aliphatic imine (C=N–C) groups is 1. The van der Waals surface area contributed by atoms with E-state index in [0.29, 0.717) is 12.5 Å². The lowest BCUT2D eigenvalue weighted by Gasteiger charge is -2.34. The zero-order valence-corrected chi connectivity index (χ0v) is 13.9. The zero-order chi connectivity index (χ0) is 15.9. The Kier molecular flexibility index (Phi) is 5.76. The van der Waals surface area contributed by atoms with Crippen LogP contribution < -0.4 is 4.74 Å². The van der Waals surface area contributed by atoms with E-state index in [1.54, 1.807) is 0 Å². The van der Waals surface area contributed by atoms with Crippen molar-refractivity contribution in [3.8, 4) is 5.75 Å². The lowest BCUT2D eigenvalue weighted by Crippen LogP contribution is -2.33. The highest BCUT2D eigenvalue weighted by molar-refractivity contribution is 5.84. The van der Waals surface area contributed by atoms with Gasteiger partial charge in [-0.3, -0.25) is 4.99 Å². The van der Waals surface area contributed by atoms with Gasteiger partial charge in [0.1, 0.15) is 12.4 Å². The largest absolute Gasteiger partial charge is 0.491 e. The van der Waals surface area contributed by atoms with E-state index in [1.807, 2.05) is 46.0 Å². The van der Waals surface area contributed by atoms with Gasteiger partial charge in [-0.1, -0.05) is 70.2 Å². The first-order valence-corrected chi connectivity index (χ1v) is 8.27. The van der Waals surface area contributed by atoms with Crippen LogP contribution in [0.2, 0.25) is 0 Å². The third kappa shape index (κ3) is 2.92. The van der Waals surface area contributed by atoms with Crippen molar-refractivity contribution in [2.75, 3.05) is 6.61 Å². The molecule has 2 heteroatoms. The second-order valence-electron chi connectivity index (χ2n) is 4.80. The summed E-state index contributed by atoms with van der Waals surface area (Å²) in [6.07, 6.45) is 1.98. The summed E-state index contributed by atoms with van der Waals surface area (Å²) in [4.78, 5) is 4.64. The van der Waals surface area contributed by atoms with Gasteiger partial charge in [0.2, 0.25) is 0 Å². The normalized spacial score (nSPS) is 19.8. The summed E-state index contributed by atoms with van der Waals surface area (Å²) in [6.45, 7) is 8.67. The van der Waals surface area contributed by atoms with Gasteiger partial charge in [0.05, 0.1) is 6.04 Å². The minimum Gasteiger partial charge on any atom is -0.491 e. The first-order chi connectivity index (χ1) is 10.9. The molecule has 0 fully saturated rings. The maximum Gasteiger partial charge on any atom is 0.123 e. The van der Waals surface area contributed by atoms with E-state index in [4.69, 9.17) is 4.74 Å². The molecule has 2 nitrogen and oxygen atoms in total. The Hall–Kier alpha value is -2.09. The highest BCUT2D eigenvalue weighted by Crippen LogP contribution is 2.41. The second kappa shape index (κ2) is 7.79. The molecule has 116 valence electrons. The standard InChI is InChI=1S/C16H13NO.2C2H6/c1-2-6-12-11(5-1)9-17-14-10-18-15-8-4-3-7-13(15)16(12)14;2*1-2/h1-9,14,16H,10H2;2*1-2H3/t14-,16+;;/m1../s1. The van der Waals surface area contributed by atoms with E-state index in [-0.39, 0.29) is 6.04 Å². The van der Waals surface area contributed by atoms with Crippen molar-refractivity contribution in [2.45, 2.75) is 39.7 Å². The predicted octanol–water partition coefficient (Wildman–Crippen LogP) is 5.06. The average molecular weight is 295 g/mol. The number of hydrogen-bond donors (Lipinski definition) is 0. The van der Waals surface area contributed by atoms with Crippen LogP contribution in [0, 0.1) is 0 Å². The fourth-order valence-corrected chi connectivity index (χ4v) is 2.94. The van der Waals surface area contributed by atoms with Crippen LogP contribution >= 0.6 is 0 Å². The topological polar surface area (TPSA) is 21.6 Å². The molecule has 2 aliphatic heterocycles.